The van der Waals surface area contributed by atoms with E-state index in [1.165, 1.54) is 12.4 Å². The first kappa shape index (κ1) is 12.8. The smallest absolute Gasteiger partial charge is 0.272 e. The van der Waals surface area contributed by atoms with Crippen LogP contribution in [0.25, 0.3) is 0 Å². The van der Waals surface area contributed by atoms with E-state index in [1.54, 1.807) is 18.2 Å². The first-order valence-electron chi connectivity index (χ1n) is 4.81. The fourth-order valence-corrected chi connectivity index (χ4v) is 1.72. The average Bonchev–Trinajstić information content (AvgIpc) is 2.34. The monoisotopic (exact) mass is 327 g/mol. The van der Waals surface area contributed by atoms with Gasteiger partial charge in [0.1, 0.15) is 5.75 Å². The molecule has 0 aliphatic carbocycles. The third kappa shape index (κ3) is 2.77. The normalized spacial score (nSPS) is 10.1. The molecule has 7 heteroatoms. The number of primary amides is 1. The Balaban J connectivity index is 2.40. The van der Waals surface area contributed by atoms with Gasteiger partial charge in [-0.15, -0.1) is 0 Å². The summed E-state index contributed by atoms with van der Waals surface area (Å²) in [5.41, 5.74) is 5.12. The van der Waals surface area contributed by atoms with E-state index in [-0.39, 0.29) is 11.6 Å². The molecular weight excluding hydrogens is 321 g/mol. The van der Waals surface area contributed by atoms with Crippen LogP contribution in [0.15, 0.2) is 35.1 Å². The fraction of sp³-hybridized carbons (Fsp3) is 0. The summed E-state index contributed by atoms with van der Waals surface area (Å²) in [6.45, 7) is 0. The molecule has 0 saturated heterocycles. The zero-order chi connectivity index (χ0) is 13.1. The Morgan fingerprint density at radius 1 is 1.33 bits per heavy atom. The largest absolute Gasteiger partial charge is 0.435 e. The zero-order valence-corrected chi connectivity index (χ0v) is 11.3. The van der Waals surface area contributed by atoms with Crippen molar-refractivity contribution in [3.8, 4) is 11.6 Å². The van der Waals surface area contributed by atoms with Crippen molar-refractivity contribution in [3.05, 3.63) is 45.8 Å². The van der Waals surface area contributed by atoms with Crippen LogP contribution in [0, 0.1) is 0 Å². The van der Waals surface area contributed by atoms with Gasteiger partial charge in [-0.1, -0.05) is 27.5 Å². The molecule has 2 rings (SSSR count). The van der Waals surface area contributed by atoms with Crippen molar-refractivity contribution in [1.29, 1.82) is 0 Å². The number of nitrogens with zero attached hydrogens (tertiary/aromatic N) is 2. The van der Waals surface area contributed by atoms with Crippen molar-refractivity contribution in [3.63, 3.8) is 0 Å². The minimum absolute atomic E-state index is 0.0185. The van der Waals surface area contributed by atoms with Gasteiger partial charge in [-0.05, 0) is 18.2 Å². The summed E-state index contributed by atoms with van der Waals surface area (Å²) in [4.78, 5) is 18.9. The number of amides is 1. The molecular formula is C11H7BrClN3O2. The Bertz CT molecular complexity index is 607. The first-order chi connectivity index (χ1) is 8.58. The number of rotatable bonds is 3. The number of aromatic nitrogens is 2. The highest BCUT2D eigenvalue weighted by Gasteiger charge is 2.14. The Morgan fingerprint density at radius 2 is 2.06 bits per heavy atom. The van der Waals surface area contributed by atoms with Crippen LogP contribution >= 0.6 is 27.5 Å². The summed E-state index contributed by atoms with van der Waals surface area (Å²) in [6.07, 6.45) is 2.75. The van der Waals surface area contributed by atoms with Crippen molar-refractivity contribution in [1.82, 2.24) is 9.97 Å². The van der Waals surface area contributed by atoms with Crippen LogP contribution < -0.4 is 10.5 Å². The minimum atomic E-state index is -0.718. The molecule has 92 valence electrons. The number of nitrogens with two attached hydrogens (primary N) is 1. The number of carbonyl (C=O) groups is 1. The molecule has 18 heavy (non-hydrogen) atoms. The van der Waals surface area contributed by atoms with E-state index in [2.05, 4.69) is 25.9 Å². The van der Waals surface area contributed by atoms with Crippen LogP contribution in [0.4, 0.5) is 0 Å². The van der Waals surface area contributed by atoms with Gasteiger partial charge in [-0.3, -0.25) is 4.79 Å². The highest BCUT2D eigenvalue weighted by Crippen LogP contribution is 2.31. The maximum atomic E-state index is 11.2. The van der Waals surface area contributed by atoms with E-state index in [0.717, 1.165) is 4.47 Å². The van der Waals surface area contributed by atoms with Crippen molar-refractivity contribution >= 4 is 33.4 Å². The summed E-state index contributed by atoms with van der Waals surface area (Å²) in [5, 5.41) is 0.388. The van der Waals surface area contributed by atoms with Crippen molar-refractivity contribution < 1.29 is 9.53 Å². The van der Waals surface area contributed by atoms with E-state index in [4.69, 9.17) is 22.1 Å². The second-order valence-corrected chi connectivity index (χ2v) is 4.57. The quantitative estimate of drug-likeness (QED) is 0.939. The summed E-state index contributed by atoms with van der Waals surface area (Å²) in [7, 11) is 0. The fourth-order valence-electron chi connectivity index (χ4n) is 1.23. The second-order valence-electron chi connectivity index (χ2n) is 3.25. The molecule has 2 N–H and O–H groups in total. The van der Waals surface area contributed by atoms with Crippen molar-refractivity contribution in [2.75, 3.05) is 0 Å². The summed E-state index contributed by atoms with van der Waals surface area (Å²) < 4.78 is 6.23. The van der Waals surface area contributed by atoms with Gasteiger partial charge in [-0.25, -0.2) is 9.97 Å². The Labute approximate surface area is 116 Å². The summed E-state index contributed by atoms with van der Waals surface area (Å²) in [6, 6.07) is 5.07. The molecule has 1 aromatic carbocycles. The first-order valence-corrected chi connectivity index (χ1v) is 5.98. The van der Waals surface area contributed by atoms with E-state index < -0.39 is 5.91 Å². The topological polar surface area (TPSA) is 78.1 Å². The standard InChI is InChI=1S/C11H7BrClN3O2/c12-6-1-2-7(13)8(5-6)18-11-9(10(14)17)15-3-4-16-11/h1-5H,(H2,14,17). The van der Waals surface area contributed by atoms with E-state index in [1.807, 2.05) is 0 Å². The summed E-state index contributed by atoms with van der Waals surface area (Å²) in [5.74, 6) is -0.344. The van der Waals surface area contributed by atoms with Gasteiger partial charge in [-0.2, -0.15) is 0 Å². The van der Waals surface area contributed by atoms with Crippen molar-refractivity contribution in [2.24, 2.45) is 5.73 Å². The van der Waals surface area contributed by atoms with Crippen LogP contribution in [0.5, 0.6) is 11.6 Å². The lowest BCUT2D eigenvalue weighted by Gasteiger charge is -2.08. The molecule has 0 unspecified atom stereocenters. The molecule has 1 aromatic heterocycles. The molecule has 1 heterocycles. The second kappa shape index (κ2) is 5.32. The molecule has 0 saturated carbocycles. The van der Waals surface area contributed by atoms with Crippen LogP contribution in [0.3, 0.4) is 0 Å². The molecule has 0 radical (unpaired) electrons. The third-order valence-electron chi connectivity index (χ3n) is 2.00. The summed E-state index contributed by atoms with van der Waals surface area (Å²) >= 11 is 9.26. The van der Waals surface area contributed by atoms with Crippen LogP contribution in [0.2, 0.25) is 5.02 Å². The van der Waals surface area contributed by atoms with Crippen LogP contribution in [-0.2, 0) is 0 Å². The molecule has 5 nitrogen and oxygen atoms in total. The van der Waals surface area contributed by atoms with Crippen LogP contribution in [0.1, 0.15) is 10.5 Å². The SMILES string of the molecule is NC(=O)c1nccnc1Oc1cc(Br)ccc1Cl. The molecule has 0 atom stereocenters. The minimum Gasteiger partial charge on any atom is -0.435 e. The Morgan fingerprint density at radius 3 is 2.78 bits per heavy atom. The van der Waals surface area contributed by atoms with Gasteiger partial charge >= 0.3 is 0 Å². The molecule has 0 spiro atoms. The maximum Gasteiger partial charge on any atom is 0.272 e. The Hall–Kier alpha value is -1.66. The number of hydrogen-bond acceptors (Lipinski definition) is 4. The van der Waals surface area contributed by atoms with Gasteiger partial charge < -0.3 is 10.5 Å². The number of hydrogen-bond donors (Lipinski definition) is 1. The highest BCUT2D eigenvalue weighted by molar-refractivity contribution is 9.10. The number of carbonyl (C=O) groups excluding carboxylic acids is 1. The van der Waals surface area contributed by atoms with E-state index in [0.29, 0.717) is 10.8 Å². The van der Waals surface area contributed by atoms with Gasteiger partial charge in [0, 0.05) is 16.9 Å². The molecule has 0 bridgehead atoms. The maximum absolute atomic E-state index is 11.2. The van der Waals surface area contributed by atoms with Crippen LogP contribution in [-0.4, -0.2) is 15.9 Å². The zero-order valence-electron chi connectivity index (χ0n) is 8.93. The number of halogens is 2. The van der Waals surface area contributed by atoms with E-state index in [9.17, 15) is 4.79 Å². The highest BCUT2D eigenvalue weighted by atomic mass is 79.9. The molecule has 0 aliphatic heterocycles. The number of ether oxygens (including phenoxy) is 1. The molecule has 1 amide bonds. The predicted molar refractivity (Wildman–Crippen MR) is 69.8 cm³/mol. The molecule has 0 fully saturated rings. The van der Waals surface area contributed by atoms with Crippen molar-refractivity contribution in [2.45, 2.75) is 0 Å². The van der Waals surface area contributed by atoms with E-state index >= 15 is 0 Å². The molecule has 2 aromatic rings. The lowest BCUT2D eigenvalue weighted by molar-refractivity contribution is 0.0992. The lowest BCUT2D eigenvalue weighted by atomic mass is 10.3. The average molecular weight is 329 g/mol. The van der Waals surface area contributed by atoms with Gasteiger partial charge in [0.25, 0.3) is 11.8 Å². The third-order valence-corrected chi connectivity index (χ3v) is 2.80. The lowest BCUT2D eigenvalue weighted by Crippen LogP contribution is -2.14. The Kier molecular flexibility index (Phi) is 3.78. The van der Waals surface area contributed by atoms with Gasteiger partial charge in [0.05, 0.1) is 5.02 Å². The van der Waals surface area contributed by atoms with Gasteiger partial charge in [0.15, 0.2) is 5.69 Å². The predicted octanol–water partition coefficient (Wildman–Crippen LogP) is 2.78. The number of benzene rings is 1. The molecule has 0 aliphatic rings. The van der Waals surface area contributed by atoms with Gasteiger partial charge in [0.2, 0.25) is 0 Å².